The summed E-state index contributed by atoms with van der Waals surface area (Å²) in [4.78, 5) is 31.9. The molecule has 9 heteroatoms. The topological polar surface area (TPSA) is 93.2 Å². The number of aliphatic hydroxyl groups is 1. The molecule has 8 nitrogen and oxygen atoms in total. The van der Waals surface area contributed by atoms with Crippen molar-refractivity contribution >= 4 is 28.5 Å². The predicted molar refractivity (Wildman–Crippen MR) is 137 cm³/mol. The van der Waals surface area contributed by atoms with Crippen molar-refractivity contribution in [1.29, 1.82) is 0 Å². The van der Waals surface area contributed by atoms with Gasteiger partial charge in [0.25, 0.3) is 5.56 Å². The molecule has 36 heavy (non-hydrogen) atoms. The number of hydrogen-bond acceptors (Lipinski definition) is 5. The van der Waals surface area contributed by atoms with Crippen molar-refractivity contribution in [3.05, 3.63) is 76.4 Å². The van der Waals surface area contributed by atoms with E-state index in [4.69, 9.17) is 11.6 Å². The van der Waals surface area contributed by atoms with E-state index in [2.05, 4.69) is 10.1 Å². The maximum Gasteiger partial charge on any atom is 0.264 e. The van der Waals surface area contributed by atoms with Crippen LogP contribution in [0.2, 0.25) is 5.02 Å². The van der Waals surface area contributed by atoms with Gasteiger partial charge in [0.05, 0.1) is 24.0 Å². The number of aromatic nitrogens is 4. The van der Waals surface area contributed by atoms with Gasteiger partial charge in [0, 0.05) is 24.0 Å². The number of nitrogens with zero attached hydrogens (tertiary/aromatic N) is 5. The quantitative estimate of drug-likeness (QED) is 0.448. The van der Waals surface area contributed by atoms with Crippen LogP contribution < -0.4 is 5.56 Å². The lowest BCUT2D eigenvalue weighted by Crippen LogP contribution is -2.50. The van der Waals surface area contributed by atoms with E-state index in [0.717, 1.165) is 29.7 Å². The number of rotatable bonds is 5. The average Bonchev–Trinajstić information content (AvgIpc) is 3.65. The molecule has 2 aromatic heterocycles. The predicted octanol–water partition coefficient (Wildman–Crippen LogP) is 3.67. The van der Waals surface area contributed by atoms with Crippen LogP contribution in [-0.2, 0) is 11.3 Å². The molecule has 2 aliphatic rings. The lowest BCUT2D eigenvalue weighted by molar-refractivity contribution is -0.137. The van der Waals surface area contributed by atoms with Crippen molar-refractivity contribution in [2.24, 2.45) is 5.92 Å². The highest BCUT2D eigenvalue weighted by atomic mass is 35.5. The van der Waals surface area contributed by atoms with Crippen LogP contribution in [0, 0.1) is 5.92 Å². The summed E-state index contributed by atoms with van der Waals surface area (Å²) in [5, 5.41) is 16.6. The van der Waals surface area contributed by atoms with E-state index in [1.165, 1.54) is 17.1 Å². The molecule has 2 aromatic carbocycles. The fourth-order valence-corrected chi connectivity index (χ4v) is 5.02. The summed E-state index contributed by atoms with van der Waals surface area (Å²) in [6.07, 6.45) is 5.83. The molecule has 4 aromatic rings. The molecular formula is C27H26ClN5O3. The molecule has 1 amide bonds. The van der Waals surface area contributed by atoms with Gasteiger partial charge >= 0.3 is 0 Å². The Labute approximate surface area is 212 Å². The highest BCUT2D eigenvalue weighted by molar-refractivity contribution is 6.30. The van der Waals surface area contributed by atoms with Crippen LogP contribution in [0.1, 0.15) is 25.7 Å². The fourth-order valence-electron chi connectivity index (χ4n) is 4.89. The molecule has 0 bridgehead atoms. The Morgan fingerprint density at radius 3 is 2.31 bits per heavy atom. The van der Waals surface area contributed by atoms with E-state index in [1.807, 2.05) is 53.4 Å². The normalized spacial score (nSPS) is 17.4. The molecular weight excluding hydrogens is 478 g/mol. The smallest absolute Gasteiger partial charge is 0.264 e. The Morgan fingerprint density at radius 2 is 1.67 bits per heavy atom. The van der Waals surface area contributed by atoms with Crippen molar-refractivity contribution in [1.82, 2.24) is 24.2 Å². The summed E-state index contributed by atoms with van der Waals surface area (Å²) in [6.45, 7) is 1.17. The van der Waals surface area contributed by atoms with Crippen molar-refractivity contribution in [3.63, 3.8) is 0 Å². The van der Waals surface area contributed by atoms with Crippen molar-refractivity contribution in [2.75, 3.05) is 13.1 Å². The van der Waals surface area contributed by atoms with Crippen LogP contribution >= 0.6 is 11.6 Å². The summed E-state index contributed by atoms with van der Waals surface area (Å²) < 4.78 is 3.10. The molecule has 1 N–H and O–H groups in total. The van der Waals surface area contributed by atoms with Gasteiger partial charge in [-0.1, -0.05) is 35.9 Å². The van der Waals surface area contributed by atoms with Crippen LogP contribution in [0.5, 0.6) is 0 Å². The number of carbonyl (C=O) groups is 1. The van der Waals surface area contributed by atoms with Crippen LogP contribution in [0.25, 0.3) is 27.8 Å². The number of hydrogen-bond donors (Lipinski definition) is 1. The molecule has 1 saturated heterocycles. The van der Waals surface area contributed by atoms with Gasteiger partial charge < -0.3 is 10.0 Å². The number of carbonyl (C=O) groups excluding carboxylic acids is 1. The molecule has 1 aliphatic heterocycles. The first-order valence-electron chi connectivity index (χ1n) is 12.2. The van der Waals surface area contributed by atoms with E-state index >= 15 is 0 Å². The van der Waals surface area contributed by atoms with E-state index < -0.39 is 5.60 Å². The summed E-state index contributed by atoms with van der Waals surface area (Å²) in [6, 6.07) is 15.5. The summed E-state index contributed by atoms with van der Waals surface area (Å²) in [5.41, 5.74) is 2.06. The van der Waals surface area contributed by atoms with Gasteiger partial charge in [-0.15, -0.1) is 0 Å². The standard InChI is InChI=1S/C27H26ClN5O3/c28-21-7-3-18(4-8-21)19-5-9-22(10-6-19)33-24-23(15-30-33)26(35)32(17-29-24)16-27(36)11-13-31(14-12-27)25(34)20-1-2-20/h3-10,15,17,20,36H,1-2,11-14,16H2. The molecule has 1 saturated carbocycles. The van der Waals surface area contributed by atoms with Crippen LogP contribution in [0.3, 0.4) is 0 Å². The van der Waals surface area contributed by atoms with E-state index in [0.29, 0.717) is 42.0 Å². The Kier molecular flexibility index (Phi) is 5.65. The number of benzene rings is 2. The van der Waals surface area contributed by atoms with Gasteiger partial charge in [-0.25, -0.2) is 9.67 Å². The molecule has 0 radical (unpaired) electrons. The Bertz CT molecular complexity index is 1480. The third-order valence-electron chi connectivity index (χ3n) is 7.24. The zero-order valence-corrected chi connectivity index (χ0v) is 20.4. The van der Waals surface area contributed by atoms with Gasteiger partial charge in [-0.05, 0) is 61.1 Å². The highest BCUT2D eigenvalue weighted by Crippen LogP contribution is 2.33. The summed E-state index contributed by atoms with van der Waals surface area (Å²) >= 11 is 5.99. The zero-order chi connectivity index (χ0) is 24.9. The van der Waals surface area contributed by atoms with Gasteiger partial charge in [0.15, 0.2) is 5.65 Å². The summed E-state index contributed by atoms with van der Waals surface area (Å²) in [5.74, 6) is 0.376. The lowest BCUT2D eigenvalue weighted by Gasteiger charge is -2.38. The largest absolute Gasteiger partial charge is 0.388 e. The monoisotopic (exact) mass is 503 g/mol. The Hall–Kier alpha value is -3.49. The third kappa shape index (κ3) is 4.31. The van der Waals surface area contributed by atoms with Gasteiger partial charge in [0.2, 0.25) is 5.91 Å². The minimum atomic E-state index is -1.05. The molecule has 6 rings (SSSR count). The number of halogens is 1. The van der Waals surface area contributed by atoms with Crippen molar-refractivity contribution < 1.29 is 9.90 Å². The number of likely N-dealkylation sites (tertiary alicyclic amines) is 1. The van der Waals surface area contributed by atoms with Gasteiger partial charge in [-0.3, -0.25) is 14.2 Å². The van der Waals surface area contributed by atoms with Crippen LogP contribution in [-0.4, -0.2) is 53.9 Å². The highest BCUT2D eigenvalue weighted by Gasteiger charge is 2.39. The number of piperidine rings is 1. The molecule has 2 fully saturated rings. The summed E-state index contributed by atoms with van der Waals surface area (Å²) in [7, 11) is 0. The first kappa shape index (κ1) is 22.9. The minimum absolute atomic E-state index is 0.140. The molecule has 0 atom stereocenters. The maximum atomic E-state index is 13.2. The second-order valence-electron chi connectivity index (χ2n) is 9.85. The second-order valence-corrected chi connectivity index (χ2v) is 10.3. The van der Waals surface area contributed by atoms with E-state index in [-0.39, 0.29) is 23.9 Å². The first-order valence-corrected chi connectivity index (χ1v) is 12.6. The van der Waals surface area contributed by atoms with E-state index in [9.17, 15) is 14.7 Å². The number of fused-ring (bicyclic) bond motifs is 1. The molecule has 0 unspecified atom stereocenters. The first-order chi connectivity index (χ1) is 17.4. The Morgan fingerprint density at radius 1 is 1.03 bits per heavy atom. The lowest BCUT2D eigenvalue weighted by atomic mass is 9.91. The van der Waals surface area contributed by atoms with Crippen molar-refractivity contribution in [3.8, 4) is 16.8 Å². The average molecular weight is 504 g/mol. The Balaban J connectivity index is 1.21. The third-order valence-corrected chi connectivity index (χ3v) is 7.49. The van der Waals surface area contributed by atoms with Crippen molar-refractivity contribution in [2.45, 2.75) is 37.8 Å². The van der Waals surface area contributed by atoms with Gasteiger partial charge in [-0.2, -0.15) is 5.10 Å². The van der Waals surface area contributed by atoms with Gasteiger partial charge in [0.1, 0.15) is 11.7 Å². The molecule has 184 valence electrons. The van der Waals surface area contributed by atoms with Crippen LogP contribution in [0.15, 0.2) is 65.8 Å². The SMILES string of the molecule is O=C(C1CC1)N1CCC(O)(Cn2cnc3c(cnn3-c3ccc(-c4ccc(Cl)cc4)cc3)c2=O)CC1. The molecule has 3 heterocycles. The number of amides is 1. The zero-order valence-electron chi connectivity index (χ0n) is 19.7. The minimum Gasteiger partial charge on any atom is -0.388 e. The van der Waals surface area contributed by atoms with E-state index in [1.54, 1.807) is 4.68 Å². The maximum absolute atomic E-state index is 13.2. The fraction of sp³-hybridized carbons (Fsp3) is 0.333. The second kappa shape index (κ2) is 8.87. The van der Waals surface area contributed by atoms with Crippen LogP contribution in [0.4, 0.5) is 0 Å². The molecule has 0 spiro atoms. The molecule has 1 aliphatic carbocycles.